The van der Waals surface area contributed by atoms with E-state index in [1.807, 2.05) is 25.1 Å². The molecule has 1 saturated carbocycles. The second kappa shape index (κ2) is 12.5. The average molecular weight is 587 g/mol. The average Bonchev–Trinajstić information content (AvgIpc) is 2.92. The van der Waals surface area contributed by atoms with Crippen LogP contribution in [0.2, 0.25) is 5.02 Å². The third-order valence-electron chi connectivity index (χ3n) is 8.53. The first-order valence-electron chi connectivity index (χ1n) is 14.3. The Balaban J connectivity index is 1.54. The number of allylic oxidation sites excluding steroid dienone is 1. The van der Waals surface area contributed by atoms with Gasteiger partial charge >= 0.3 is 0 Å². The molecule has 2 aromatic carbocycles. The fourth-order valence-corrected chi connectivity index (χ4v) is 7.32. The monoisotopic (exact) mass is 586 g/mol. The highest BCUT2D eigenvalue weighted by Crippen LogP contribution is 2.42. The number of benzene rings is 2. The summed E-state index contributed by atoms with van der Waals surface area (Å²) in [5, 5.41) is 0.712. The zero-order valence-corrected chi connectivity index (χ0v) is 24.8. The van der Waals surface area contributed by atoms with Gasteiger partial charge in [0.05, 0.1) is 16.7 Å². The van der Waals surface area contributed by atoms with Crippen LogP contribution in [0.15, 0.2) is 53.4 Å². The summed E-state index contributed by atoms with van der Waals surface area (Å²) in [6, 6.07) is 10.8. The number of nitrogens with one attached hydrogen (secondary N) is 1. The molecule has 1 fully saturated rings. The molecule has 216 valence electrons. The summed E-state index contributed by atoms with van der Waals surface area (Å²) in [5.74, 6) is 0.919. The molecule has 9 heteroatoms. The molecular formula is C31H39ClN2O5S. The van der Waals surface area contributed by atoms with E-state index in [2.05, 4.69) is 21.8 Å². The summed E-state index contributed by atoms with van der Waals surface area (Å²) < 4.78 is 41.2. The number of carbonyl (C=O) groups excluding carboxylic acids is 1. The van der Waals surface area contributed by atoms with Crippen LogP contribution in [0, 0.1) is 17.8 Å². The van der Waals surface area contributed by atoms with Gasteiger partial charge in [0, 0.05) is 31.6 Å². The van der Waals surface area contributed by atoms with Gasteiger partial charge in [-0.2, -0.15) is 0 Å². The van der Waals surface area contributed by atoms with Gasteiger partial charge in [0.2, 0.25) is 5.91 Å². The molecule has 1 amide bonds. The highest BCUT2D eigenvalue weighted by Gasteiger charge is 2.38. The van der Waals surface area contributed by atoms with E-state index in [1.54, 1.807) is 19.2 Å². The minimum absolute atomic E-state index is 0.00288. The number of fused-ring (bicyclic) bond motifs is 3. The Labute approximate surface area is 242 Å². The van der Waals surface area contributed by atoms with Gasteiger partial charge in [-0.25, -0.2) is 13.1 Å². The van der Waals surface area contributed by atoms with Crippen molar-refractivity contribution in [1.82, 2.24) is 4.72 Å². The van der Waals surface area contributed by atoms with E-state index in [0.29, 0.717) is 35.6 Å². The summed E-state index contributed by atoms with van der Waals surface area (Å²) in [7, 11) is -2.28. The van der Waals surface area contributed by atoms with Crippen LogP contribution < -0.4 is 14.4 Å². The fourth-order valence-electron chi connectivity index (χ4n) is 6.11. The molecule has 4 atom stereocenters. The molecule has 2 aliphatic heterocycles. The lowest BCUT2D eigenvalue weighted by Crippen LogP contribution is -2.44. The lowest BCUT2D eigenvalue weighted by molar-refractivity contribution is -0.120. The van der Waals surface area contributed by atoms with Crippen molar-refractivity contribution in [2.75, 3.05) is 25.1 Å². The zero-order chi connectivity index (χ0) is 28.3. The van der Waals surface area contributed by atoms with Crippen LogP contribution in [0.5, 0.6) is 5.75 Å². The summed E-state index contributed by atoms with van der Waals surface area (Å²) in [6.07, 6.45) is 10.0. The molecule has 0 spiro atoms. The van der Waals surface area contributed by atoms with E-state index in [1.165, 1.54) is 11.6 Å². The molecular weight excluding hydrogens is 548 g/mol. The van der Waals surface area contributed by atoms with E-state index in [9.17, 15) is 13.2 Å². The van der Waals surface area contributed by atoms with Crippen LogP contribution in [0.1, 0.15) is 56.6 Å². The van der Waals surface area contributed by atoms with Crippen molar-refractivity contribution in [1.29, 1.82) is 0 Å². The molecule has 1 unspecified atom stereocenters. The number of rotatable bonds is 1. The standard InChI is InChI=1S/C31H39ClN2O5S/c1-21-6-5-8-29(38-2)27-13-10-23(27)19-34-15-4-3-7-22-17-25(32)11-9-24(22)20-39-30-14-12-26(18-28(30)34)40(36,37)33-31(35)16-21/h5,8-9,11-12,14,17-18,21,23,27,29H,3-4,6-7,10,13,15-16,19-20H2,1-2H3,(H,33,35)/b8-5+/t21?,23-,27+,29-/m0/s1. The maximum absolute atomic E-state index is 13.3. The highest BCUT2D eigenvalue weighted by atomic mass is 35.5. The lowest BCUT2D eigenvalue weighted by atomic mass is 9.70. The van der Waals surface area contributed by atoms with Crippen LogP contribution in [0.25, 0.3) is 0 Å². The van der Waals surface area contributed by atoms with Gasteiger partial charge in [0.15, 0.2) is 0 Å². The van der Waals surface area contributed by atoms with Crippen molar-refractivity contribution < 1.29 is 22.7 Å². The molecule has 1 N–H and O–H groups in total. The third kappa shape index (κ3) is 6.67. The topological polar surface area (TPSA) is 84.9 Å². The molecule has 7 nitrogen and oxygen atoms in total. The molecule has 3 aliphatic rings. The van der Waals surface area contributed by atoms with Gasteiger partial charge < -0.3 is 14.4 Å². The van der Waals surface area contributed by atoms with Gasteiger partial charge in [0.25, 0.3) is 10.0 Å². The van der Waals surface area contributed by atoms with Crippen LogP contribution in [0.3, 0.4) is 0 Å². The summed E-state index contributed by atoms with van der Waals surface area (Å²) in [6.45, 7) is 3.85. The van der Waals surface area contributed by atoms with Crippen molar-refractivity contribution in [3.05, 3.63) is 64.7 Å². The SMILES string of the molecule is CO[C@H]1/C=C/CC(C)CC(=O)NS(=O)(=O)c2ccc3c(c2)N(CCCCc2cc(Cl)ccc2CO3)C[C@@H]2CC[C@H]21. The molecule has 2 aromatic rings. The normalized spacial score (nSPS) is 28.0. The van der Waals surface area contributed by atoms with Crippen LogP contribution >= 0.6 is 11.6 Å². The van der Waals surface area contributed by atoms with Gasteiger partial charge in [-0.15, -0.1) is 0 Å². The number of nitrogens with zero attached hydrogens (tertiary/aromatic N) is 1. The first-order chi connectivity index (χ1) is 19.2. The smallest absolute Gasteiger partial charge is 0.264 e. The molecule has 0 saturated heterocycles. The Morgan fingerprint density at radius 1 is 1.10 bits per heavy atom. The Hall–Kier alpha value is -2.55. The Kier molecular flexibility index (Phi) is 9.08. The number of aryl methyl sites for hydroxylation is 1. The Morgan fingerprint density at radius 2 is 1.95 bits per heavy atom. The number of amides is 1. The molecule has 0 radical (unpaired) electrons. The predicted molar refractivity (Wildman–Crippen MR) is 157 cm³/mol. The fraction of sp³-hybridized carbons (Fsp3) is 0.516. The van der Waals surface area contributed by atoms with Crippen molar-refractivity contribution in [2.24, 2.45) is 17.8 Å². The molecule has 1 aliphatic carbocycles. The van der Waals surface area contributed by atoms with Gasteiger partial charge in [0.1, 0.15) is 12.4 Å². The number of anilines is 1. The number of halogens is 1. The number of hydrogen-bond donors (Lipinski definition) is 1. The molecule has 2 bridgehead atoms. The molecule has 40 heavy (non-hydrogen) atoms. The minimum atomic E-state index is -4.04. The van der Waals surface area contributed by atoms with Crippen molar-refractivity contribution in [2.45, 2.75) is 69.5 Å². The molecule has 5 rings (SSSR count). The molecule has 2 heterocycles. The quantitative estimate of drug-likeness (QED) is 0.419. The van der Waals surface area contributed by atoms with Crippen LogP contribution in [-0.2, 0) is 32.6 Å². The second-order valence-electron chi connectivity index (χ2n) is 11.4. The van der Waals surface area contributed by atoms with E-state index in [4.69, 9.17) is 21.1 Å². The Bertz CT molecular complexity index is 1360. The van der Waals surface area contributed by atoms with Gasteiger partial charge in [-0.1, -0.05) is 36.7 Å². The lowest BCUT2D eigenvalue weighted by Gasteiger charge is -2.43. The van der Waals surface area contributed by atoms with Crippen molar-refractivity contribution in [3.8, 4) is 5.75 Å². The maximum atomic E-state index is 13.3. The zero-order valence-electron chi connectivity index (χ0n) is 23.3. The number of methoxy groups -OCH3 is 1. The molecule has 0 aromatic heterocycles. The van der Waals surface area contributed by atoms with Gasteiger partial charge in [-0.05, 0) is 97.7 Å². The first-order valence-corrected chi connectivity index (χ1v) is 16.1. The van der Waals surface area contributed by atoms with E-state index >= 15 is 0 Å². The minimum Gasteiger partial charge on any atom is -0.487 e. The summed E-state index contributed by atoms with van der Waals surface area (Å²) in [5.41, 5.74) is 2.99. The Morgan fingerprint density at radius 3 is 2.73 bits per heavy atom. The van der Waals surface area contributed by atoms with E-state index in [0.717, 1.165) is 56.4 Å². The predicted octanol–water partition coefficient (Wildman–Crippen LogP) is 5.89. The van der Waals surface area contributed by atoms with Gasteiger partial charge in [-0.3, -0.25) is 4.79 Å². The van der Waals surface area contributed by atoms with E-state index < -0.39 is 15.9 Å². The highest BCUT2D eigenvalue weighted by molar-refractivity contribution is 7.90. The van der Waals surface area contributed by atoms with E-state index in [-0.39, 0.29) is 23.3 Å². The van der Waals surface area contributed by atoms with Crippen molar-refractivity contribution >= 4 is 33.2 Å². The number of ether oxygens (including phenoxy) is 2. The number of hydrogen-bond acceptors (Lipinski definition) is 6. The number of sulfonamides is 1. The van der Waals surface area contributed by atoms with Crippen LogP contribution in [0.4, 0.5) is 5.69 Å². The largest absolute Gasteiger partial charge is 0.487 e. The maximum Gasteiger partial charge on any atom is 0.264 e. The van der Waals surface area contributed by atoms with Crippen molar-refractivity contribution in [3.63, 3.8) is 0 Å². The summed E-state index contributed by atoms with van der Waals surface area (Å²) in [4.78, 5) is 15.0. The first kappa shape index (κ1) is 29.0. The van der Waals surface area contributed by atoms with Crippen LogP contribution in [-0.4, -0.2) is 40.6 Å². The second-order valence-corrected chi connectivity index (χ2v) is 13.6. The summed E-state index contributed by atoms with van der Waals surface area (Å²) >= 11 is 6.30. The number of carbonyl (C=O) groups is 1. The third-order valence-corrected chi connectivity index (χ3v) is 10.1.